The van der Waals surface area contributed by atoms with Gasteiger partial charge in [-0.2, -0.15) is 0 Å². The molecule has 0 unspecified atom stereocenters. The second-order valence-electron chi connectivity index (χ2n) is 3.11. The summed E-state index contributed by atoms with van der Waals surface area (Å²) in [5.41, 5.74) is 0.354. The molecule has 1 rings (SSSR count). The molecule has 0 spiro atoms. The van der Waals surface area contributed by atoms with Crippen molar-refractivity contribution in [3.63, 3.8) is 0 Å². The fraction of sp³-hybridized carbons (Fsp3) is 0.364. The first-order chi connectivity index (χ1) is 7.15. The third kappa shape index (κ3) is 3.63. The van der Waals surface area contributed by atoms with Crippen molar-refractivity contribution in [2.24, 2.45) is 0 Å². The predicted molar refractivity (Wildman–Crippen MR) is 59.3 cm³/mol. The lowest BCUT2D eigenvalue weighted by atomic mass is 10.2. The highest BCUT2D eigenvalue weighted by Crippen LogP contribution is 2.18. The molecule has 82 valence electrons. The van der Waals surface area contributed by atoms with E-state index in [0.717, 1.165) is 12.8 Å². The molecule has 0 radical (unpaired) electrons. The Balaban J connectivity index is 2.65. The molecule has 0 aromatic heterocycles. The van der Waals surface area contributed by atoms with Crippen LogP contribution in [0.25, 0.3) is 0 Å². The highest BCUT2D eigenvalue weighted by molar-refractivity contribution is 9.10. The first kappa shape index (κ1) is 12.2. The Labute approximate surface area is 96.6 Å². The van der Waals surface area contributed by atoms with Crippen molar-refractivity contribution in [3.8, 4) is 0 Å². The number of rotatable bonds is 4. The molecule has 1 aromatic rings. The molecule has 15 heavy (non-hydrogen) atoms. The fourth-order valence-electron chi connectivity index (χ4n) is 1.04. The van der Waals surface area contributed by atoms with Crippen LogP contribution < -0.4 is 0 Å². The van der Waals surface area contributed by atoms with Crippen LogP contribution >= 0.6 is 15.9 Å². The van der Waals surface area contributed by atoms with Crippen molar-refractivity contribution < 1.29 is 13.9 Å². The van der Waals surface area contributed by atoms with Gasteiger partial charge in [-0.25, -0.2) is 9.18 Å². The van der Waals surface area contributed by atoms with Crippen molar-refractivity contribution in [3.05, 3.63) is 34.1 Å². The van der Waals surface area contributed by atoms with Crippen molar-refractivity contribution in [1.82, 2.24) is 0 Å². The Hall–Kier alpha value is -0.900. The van der Waals surface area contributed by atoms with E-state index in [9.17, 15) is 9.18 Å². The first-order valence-electron chi connectivity index (χ1n) is 4.77. The van der Waals surface area contributed by atoms with Crippen LogP contribution in [0.5, 0.6) is 0 Å². The van der Waals surface area contributed by atoms with Crippen LogP contribution in [-0.4, -0.2) is 12.6 Å². The molecule has 2 nitrogen and oxygen atoms in total. The number of unbranched alkanes of at least 4 members (excludes halogenated alkanes) is 1. The Bertz CT molecular complexity index is 352. The average Bonchev–Trinajstić information content (AvgIpc) is 2.17. The number of carbonyl (C=O) groups excluding carboxylic acids is 1. The molecule has 0 aliphatic heterocycles. The standard InChI is InChI=1S/C11H12BrFO2/c1-2-3-6-15-11(14)9-5-4-8(13)7-10(9)12/h4-5,7H,2-3,6H2,1H3. The number of hydrogen-bond acceptors (Lipinski definition) is 2. The molecular formula is C11H12BrFO2. The van der Waals surface area contributed by atoms with Crippen LogP contribution in [0.2, 0.25) is 0 Å². The molecule has 0 saturated carbocycles. The summed E-state index contributed by atoms with van der Waals surface area (Å²) >= 11 is 3.12. The third-order valence-corrected chi connectivity index (χ3v) is 2.54. The maximum absolute atomic E-state index is 12.7. The van der Waals surface area contributed by atoms with Gasteiger partial charge in [0, 0.05) is 4.47 Å². The number of esters is 1. The van der Waals surface area contributed by atoms with Gasteiger partial charge in [-0.3, -0.25) is 0 Å². The molecule has 0 bridgehead atoms. The van der Waals surface area contributed by atoms with Crippen LogP contribution in [0, 0.1) is 5.82 Å². The van der Waals surface area contributed by atoms with Crippen molar-refractivity contribution in [1.29, 1.82) is 0 Å². The van der Waals surface area contributed by atoms with Gasteiger partial charge in [-0.1, -0.05) is 13.3 Å². The Morgan fingerprint density at radius 2 is 2.27 bits per heavy atom. The van der Waals surface area contributed by atoms with Gasteiger partial charge in [0.05, 0.1) is 12.2 Å². The van der Waals surface area contributed by atoms with Gasteiger partial charge in [0.15, 0.2) is 0 Å². The van der Waals surface area contributed by atoms with E-state index >= 15 is 0 Å². The minimum atomic E-state index is -0.421. The van der Waals surface area contributed by atoms with E-state index in [1.54, 1.807) is 0 Å². The van der Waals surface area contributed by atoms with Gasteiger partial charge < -0.3 is 4.74 Å². The summed E-state index contributed by atoms with van der Waals surface area (Å²) in [7, 11) is 0. The maximum atomic E-state index is 12.7. The van der Waals surface area contributed by atoms with Gasteiger partial charge in [0.2, 0.25) is 0 Å². The molecule has 0 fully saturated rings. The summed E-state index contributed by atoms with van der Waals surface area (Å²) in [6, 6.07) is 3.89. The minimum absolute atomic E-state index is 0.354. The molecule has 0 atom stereocenters. The molecule has 0 aliphatic rings. The van der Waals surface area contributed by atoms with Crippen molar-refractivity contribution in [2.45, 2.75) is 19.8 Å². The van der Waals surface area contributed by atoms with Crippen molar-refractivity contribution >= 4 is 21.9 Å². The Morgan fingerprint density at radius 3 is 2.87 bits per heavy atom. The van der Waals surface area contributed by atoms with Crippen LogP contribution in [0.3, 0.4) is 0 Å². The molecule has 1 aromatic carbocycles. The van der Waals surface area contributed by atoms with E-state index in [4.69, 9.17) is 4.74 Å². The lowest BCUT2D eigenvalue weighted by Gasteiger charge is -2.05. The molecule has 0 N–H and O–H groups in total. The number of carbonyl (C=O) groups is 1. The van der Waals surface area contributed by atoms with E-state index in [-0.39, 0.29) is 5.82 Å². The van der Waals surface area contributed by atoms with Crippen LogP contribution in [0.1, 0.15) is 30.1 Å². The summed E-state index contributed by atoms with van der Waals surface area (Å²) < 4.78 is 18.2. The molecule has 4 heteroatoms. The van der Waals surface area contributed by atoms with Gasteiger partial charge in [0.25, 0.3) is 0 Å². The Kier molecular flexibility index (Phi) is 4.75. The summed E-state index contributed by atoms with van der Waals surface area (Å²) in [4.78, 5) is 11.5. The number of benzene rings is 1. The zero-order valence-corrected chi connectivity index (χ0v) is 10.0. The van der Waals surface area contributed by atoms with Gasteiger partial charge in [-0.15, -0.1) is 0 Å². The Morgan fingerprint density at radius 1 is 1.53 bits per heavy atom. The summed E-state index contributed by atoms with van der Waals surface area (Å²) in [6.45, 7) is 2.42. The number of hydrogen-bond donors (Lipinski definition) is 0. The quantitative estimate of drug-likeness (QED) is 0.620. The predicted octanol–water partition coefficient (Wildman–Crippen LogP) is 3.55. The smallest absolute Gasteiger partial charge is 0.339 e. The zero-order valence-electron chi connectivity index (χ0n) is 8.43. The second-order valence-corrected chi connectivity index (χ2v) is 3.97. The SMILES string of the molecule is CCCCOC(=O)c1ccc(F)cc1Br. The molecule has 0 saturated heterocycles. The lowest BCUT2D eigenvalue weighted by molar-refractivity contribution is 0.0498. The topological polar surface area (TPSA) is 26.3 Å². The van der Waals surface area contributed by atoms with E-state index < -0.39 is 5.97 Å². The van der Waals surface area contributed by atoms with Crippen LogP contribution in [0.15, 0.2) is 22.7 Å². The second kappa shape index (κ2) is 5.85. The van der Waals surface area contributed by atoms with Gasteiger partial charge in [-0.05, 0) is 40.5 Å². The third-order valence-electron chi connectivity index (χ3n) is 1.88. The van der Waals surface area contributed by atoms with E-state index in [1.165, 1.54) is 18.2 Å². The molecule has 0 amide bonds. The highest BCUT2D eigenvalue weighted by atomic mass is 79.9. The largest absolute Gasteiger partial charge is 0.462 e. The average molecular weight is 275 g/mol. The normalized spacial score (nSPS) is 10.1. The number of halogens is 2. The van der Waals surface area contributed by atoms with Gasteiger partial charge in [0.1, 0.15) is 5.82 Å². The molecular weight excluding hydrogens is 263 g/mol. The van der Waals surface area contributed by atoms with Crippen molar-refractivity contribution in [2.75, 3.05) is 6.61 Å². The fourth-order valence-corrected chi connectivity index (χ4v) is 1.55. The number of ether oxygens (including phenoxy) is 1. The van der Waals surface area contributed by atoms with Crippen LogP contribution in [0.4, 0.5) is 4.39 Å². The minimum Gasteiger partial charge on any atom is -0.462 e. The molecule has 0 aliphatic carbocycles. The highest BCUT2D eigenvalue weighted by Gasteiger charge is 2.11. The molecule has 0 heterocycles. The summed E-state index contributed by atoms with van der Waals surface area (Å²) in [6.07, 6.45) is 1.81. The summed E-state index contributed by atoms with van der Waals surface area (Å²) in [5, 5.41) is 0. The van der Waals surface area contributed by atoms with E-state index in [2.05, 4.69) is 15.9 Å². The first-order valence-corrected chi connectivity index (χ1v) is 5.56. The lowest BCUT2D eigenvalue weighted by Crippen LogP contribution is -2.07. The van der Waals surface area contributed by atoms with E-state index in [1.807, 2.05) is 6.92 Å². The zero-order chi connectivity index (χ0) is 11.3. The summed E-state index contributed by atoms with van der Waals surface area (Å²) in [5.74, 6) is -0.803. The monoisotopic (exact) mass is 274 g/mol. The maximum Gasteiger partial charge on any atom is 0.339 e. The van der Waals surface area contributed by atoms with E-state index in [0.29, 0.717) is 16.6 Å². The van der Waals surface area contributed by atoms with Gasteiger partial charge >= 0.3 is 5.97 Å². The van der Waals surface area contributed by atoms with Crippen LogP contribution in [-0.2, 0) is 4.74 Å².